The molecule has 2 aromatic heterocycles. The Bertz CT molecular complexity index is 941. The van der Waals surface area contributed by atoms with Crippen LogP contribution in [0.3, 0.4) is 0 Å². The fraction of sp³-hybridized carbons (Fsp3) is 0.316. The summed E-state index contributed by atoms with van der Waals surface area (Å²) in [4.78, 5) is 15.9. The van der Waals surface area contributed by atoms with Gasteiger partial charge in [-0.3, -0.25) is 14.5 Å². The number of carbonyl (C=O) groups excluding carboxylic acids is 1. The van der Waals surface area contributed by atoms with Gasteiger partial charge in [0.05, 0.1) is 6.04 Å². The number of hydrogen-bond donors (Lipinski definition) is 2. The van der Waals surface area contributed by atoms with Gasteiger partial charge in [0.1, 0.15) is 6.54 Å². The van der Waals surface area contributed by atoms with E-state index in [1.807, 2.05) is 56.7 Å². The first-order chi connectivity index (χ1) is 13.0. The summed E-state index contributed by atoms with van der Waals surface area (Å²) >= 11 is 7.01. The van der Waals surface area contributed by atoms with E-state index in [9.17, 15) is 4.79 Å². The first-order valence-corrected chi connectivity index (χ1v) is 9.93. The summed E-state index contributed by atoms with van der Waals surface area (Å²) in [7, 11) is 4.02. The molecule has 3 aromatic rings. The lowest BCUT2D eigenvalue weighted by atomic mass is 10.1. The van der Waals surface area contributed by atoms with Crippen molar-refractivity contribution in [2.75, 3.05) is 20.6 Å². The fourth-order valence-corrected chi connectivity index (χ4v) is 3.94. The number of hydrogen-bond acceptors (Lipinski definition) is 5. The molecule has 0 spiro atoms. The molecule has 1 unspecified atom stereocenters. The average molecular weight is 402 g/mol. The molecule has 1 amide bonds. The average Bonchev–Trinajstić information content (AvgIpc) is 3.27. The number of carbonyl (C=O) groups is 1. The predicted octanol–water partition coefficient (Wildman–Crippen LogP) is 3.40. The van der Waals surface area contributed by atoms with Crippen LogP contribution in [0.5, 0.6) is 0 Å². The molecule has 27 heavy (non-hydrogen) atoms. The molecule has 0 bridgehead atoms. The smallest absolute Gasteiger partial charge is 0.240 e. The normalized spacial score (nSPS) is 12.3. The first-order valence-electron chi connectivity index (χ1n) is 8.64. The molecule has 0 saturated heterocycles. The minimum Gasteiger partial charge on any atom is -0.353 e. The van der Waals surface area contributed by atoms with Gasteiger partial charge in [-0.2, -0.15) is 5.10 Å². The third-order valence-corrected chi connectivity index (χ3v) is 5.64. The second-order valence-corrected chi connectivity index (χ2v) is 7.97. The molecule has 0 fully saturated rings. The van der Waals surface area contributed by atoms with Crippen molar-refractivity contribution < 1.29 is 4.79 Å². The molecule has 1 aromatic carbocycles. The van der Waals surface area contributed by atoms with E-state index in [1.165, 1.54) is 10.4 Å². The summed E-state index contributed by atoms with van der Waals surface area (Å²) in [6.45, 7) is 2.70. The van der Waals surface area contributed by atoms with E-state index in [0.717, 1.165) is 5.56 Å². The molecule has 2 N–H and O–H groups in total. The summed E-state index contributed by atoms with van der Waals surface area (Å²) in [6, 6.07) is 12.2. The van der Waals surface area contributed by atoms with Gasteiger partial charge < -0.3 is 10.2 Å². The lowest BCUT2D eigenvalue weighted by Gasteiger charge is -2.23. The zero-order chi connectivity index (χ0) is 19.4. The van der Waals surface area contributed by atoms with Crippen molar-refractivity contribution in [1.82, 2.24) is 25.0 Å². The van der Waals surface area contributed by atoms with Crippen molar-refractivity contribution in [2.45, 2.75) is 19.5 Å². The number of H-pyrrole nitrogens is 1. The monoisotopic (exact) mass is 401 g/mol. The van der Waals surface area contributed by atoms with E-state index in [4.69, 9.17) is 12.2 Å². The Balaban J connectivity index is 1.70. The molecule has 3 rings (SSSR count). The lowest BCUT2D eigenvalue weighted by molar-refractivity contribution is -0.121. The van der Waals surface area contributed by atoms with Gasteiger partial charge >= 0.3 is 0 Å². The van der Waals surface area contributed by atoms with Crippen molar-refractivity contribution >= 4 is 29.5 Å². The van der Waals surface area contributed by atoms with E-state index in [2.05, 4.69) is 26.5 Å². The minimum absolute atomic E-state index is 0.0933. The van der Waals surface area contributed by atoms with Crippen molar-refractivity contribution in [3.8, 4) is 11.4 Å². The van der Waals surface area contributed by atoms with Gasteiger partial charge in [-0.25, -0.2) is 0 Å². The molecule has 0 aliphatic carbocycles. The van der Waals surface area contributed by atoms with Crippen LogP contribution in [0.25, 0.3) is 11.4 Å². The zero-order valence-corrected chi connectivity index (χ0v) is 17.2. The Labute approximate surface area is 167 Å². The Morgan fingerprint density at radius 3 is 2.70 bits per heavy atom. The van der Waals surface area contributed by atoms with Crippen LogP contribution >= 0.6 is 23.6 Å². The molecule has 8 heteroatoms. The van der Waals surface area contributed by atoms with Gasteiger partial charge in [0.15, 0.2) is 10.6 Å². The van der Waals surface area contributed by atoms with Gasteiger partial charge in [0.25, 0.3) is 0 Å². The van der Waals surface area contributed by atoms with Crippen LogP contribution < -0.4 is 5.32 Å². The largest absolute Gasteiger partial charge is 0.353 e. The van der Waals surface area contributed by atoms with Crippen LogP contribution in [-0.4, -0.2) is 46.2 Å². The molecular weight excluding hydrogens is 378 g/mol. The highest BCUT2D eigenvalue weighted by atomic mass is 32.1. The maximum atomic E-state index is 12.6. The summed E-state index contributed by atoms with van der Waals surface area (Å²) in [5.41, 5.74) is 2.09. The van der Waals surface area contributed by atoms with Crippen molar-refractivity contribution in [3.05, 3.63) is 57.0 Å². The van der Waals surface area contributed by atoms with Crippen LogP contribution in [-0.2, 0) is 11.3 Å². The number of benzene rings is 1. The van der Waals surface area contributed by atoms with Gasteiger partial charge in [-0.15, -0.1) is 11.3 Å². The molecule has 1 atom stereocenters. The van der Waals surface area contributed by atoms with E-state index in [-0.39, 0.29) is 18.5 Å². The first kappa shape index (κ1) is 19.5. The molecule has 0 aliphatic heterocycles. The fourth-order valence-electron chi connectivity index (χ4n) is 2.82. The third-order valence-electron chi connectivity index (χ3n) is 4.36. The highest BCUT2D eigenvalue weighted by Crippen LogP contribution is 2.22. The second kappa shape index (κ2) is 8.60. The van der Waals surface area contributed by atoms with E-state index in [1.54, 1.807) is 15.9 Å². The maximum absolute atomic E-state index is 12.6. The van der Waals surface area contributed by atoms with Gasteiger partial charge in [-0.1, -0.05) is 35.9 Å². The van der Waals surface area contributed by atoms with Crippen molar-refractivity contribution in [3.63, 3.8) is 0 Å². The number of likely N-dealkylation sites (N-methyl/N-ethyl adjacent to an activating group) is 1. The number of aromatic amines is 1. The molecular formula is C19H23N5OS2. The zero-order valence-electron chi connectivity index (χ0n) is 15.6. The predicted molar refractivity (Wildman–Crippen MR) is 111 cm³/mol. The number of aromatic nitrogens is 3. The Hall–Kier alpha value is -2.29. The SMILES string of the molecule is Cc1ccc(-c2n[nH]c(=S)n2CC(=O)NCC(c2cccs2)N(C)C)cc1. The Kier molecular flexibility index (Phi) is 6.20. The summed E-state index contributed by atoms with van der Waals surface area (Å²) in [6.07, 6.45) is 0. The van der Waals surface area contributed by atoms with Crippen LogP contribution in [0.1, 0.15) is 16.5 Å². The minimum atomic E-state index is -0.0933. The molecule has 142 valence electrons. The van der Waals surface area contributed by atoms with E-state index >= 15 is 0 Å². The van der Waals surface area contributed by atoms with Gasteiger partial charge in [-0.05, 0) is 44.7 Å². The number of nitrogens with zero attached hydrogens (tertiary/aromatic N) is 3. The Morgan fingerprint density at radius 1 is 1.33 bits per heavy atom. The van der Waals surface area contributed by atoms with Crippen LogP contribution in [0.2, 0.25) is 0 Å². The summed E-state index contributed by atoms with van der Waals surface area (Å²) in [5.74, 6) is 0.571. The number of thiophene rings is 1. The van der Waals surface area contributed by atoms with E-state index < -0.39 is 0 Å². The molecule has 6 nitrogen and oxygen atoms in total. The maximum Gasteiger partial charge on any atom is 0.240 e. The standard InChI is InChI=1S/C19H23N5OS2/c1-13-6-8-14(9-7-13)18-21-22-19(26)24(18)12-17(25)20-11-15(23(2)3)16-5-4-10-27-16/h4-10,15H,11-12H2,1-3H3,(H,20,25)(H,22,26). The number of amides is 1. The molecule has 0 saturated carbocycles. The van der Waals surface area contributed by atoms with Crippen LogP contribution in [0, 0.1) is 11.7 Å². The molecule has 0 aliphatic rings. The summed E-state index contributed by atoms with van der Waals surface area (Å²) in [5, 5.41) is 12.2. The van der Waals surface area contributed by atoms with Crippen molar-refractivity contribution in [1.29, 1.82) is 0 Å². The highest BCUT2D eigenvalue weighted by molar-refractivity contribution is 7.71. The van der Waals surface area contributed by atoms with Gasteiger partial charge in [0, 0.05) is 17.0 Å². The van der Waals surface area contributed by atoms with Crippen molar-refractivity contribution in [2.24, 2.45) is 0 Å². The quantitative estimate of drug-likeness (QED) is 0.596. The second-order valence-electron chi connectivity index (χ2n) is 6.60. The van der Waals surface area contributed by atoms with E-state index in [0.29, 0.717) is 17.1 Å². The summed E-state index contributed by atoms with van der Waals surface area (Å²) < 4.78 is 2.16. The van der Waals surface area contributed by atoms with Crippen LogP contribution in [0.15, 0.2) is 41.8 Å². The number of nitrogens with one attached hydrogen (secondary N) is 2. The topological polar surface area (TPSA) is 66.0 Å². The lowest BCUT2D eigenvalue weighted by Crippen LogP contribution is -2.36. The number of rotatable bonds is 7. The molecule has 2 heterocycles. The molecule has 0 radical (unpaired) electrons. The van der Waals surface area contributed by atoms with Crippen LogP contribution in [0.4, 0.5) is 0 Å². The van der Waals surface area contributed by atoms with Gasteiger partial charge in [0.2, 0.25) is 5.91 Å². The number of aryl methyl sites for hydroxylation is 1. The Morgan fingerprint density at radius 2 is 2.07 bits per heavy atom. The third kappa shape index (κ3) is 4.71. The highest BCUT2D eigenvalue weighted by Gasteiger charge is 2.17.